The van der Waals surface area contributed by atoms with Crippen molar-refractivity contribution in [3.63, 3.8) is 0 Å². The number of benzene rings is 4. The molecule has 16 heteroatoms. The van der Waals surface area contributed by atoms with Crippen LogP contribution in [0, 0.1) is 0 Å². The lowest BCUT2D eigenvalue weighted by Gasteiger charge is -2.18. The van der Waals surface area contributed by atoms with Gasteiger partial charge in [-0.3, -0.25) is 9.59 Å². The van der Waals surface area contributed by atoms with Crippen LogP contribution in [0.15, 0.2) is 54.8 Å². The molecule has 0 fully saturated rings. The van der Waals surface area contributed by atoms with Gasteiger partial charge in [0.1, 0.15) is 21.9 Å². The van der Waals surface area contributed by atoms with E-state index in [9.17, 15) is 60.7 Å². The molecule has 0 bridgehead atoms. The summed E-state index contributed by atoms with van der Waals surface area (Å²) >= 11 is 0. The quantitative estimate of drug-likeness (QED) is 0.112. The zero-order valence-corrected chi connectivity index (χ0v) is 25.1. The summed E-state index contributed by atoms with van der Waals surface area (Å²) in [6.45, 7) is 0. The molecular formula is C33H24O16. The Labute approximate surface area is 271 Å². The first kappa shape index (κ1) is 31.9. The van der Waals surface area contributed by atoms with Gasteiger partial charge in [0.25, 0.3) is 0 Å². The van der Waals surface area contributed by atoms with E-state index in [0.29, 0.717) is 0 Å². The fourth-order valence-corrected chi connectivity index (χ4v) is 5.46. The molecule has 10 N–H and O–H groups in total. The third-order valence-electron chi connectivity index (χ3n) is 7.87. The number of ether oxygens (including phenoxy) is 2. The fraction of sp³-hybridized carbons (Fsp3) is 0.0909. The highest BCUT2D eigenvalue weighted by atomic mass is 16.5. The van der Waals surface area contributed by atoms with Crippen LogP contribution in [0.3, 0.4) is 0 Å². The fourth-order valence-electron chi connectivity index (χ4n) is 5.46. The second-order valence-electron chi connectivity index (χ2n) is 10.6. The van der Waals surface area contributed by atoms with Crippen molar-refractivity contribution in [2.75, 3.05) is 14.2 Å². The Kier molecular flexibility index (Phi) is 7.35. The van der Waals surface area contributed by atoms with Crippen molar-refractivity contribution in [3.8, 4) is 91.6 Å². The molecule has 6 rings (SSSR count). The SMILES string of the molecule is COc1c(O)c(Cc2c(O)c(OC)c(O)c3c(=O)c(O)c(-c4ccc(O)c(O)c4)oc23)c2oc(-c3ccc(O)c(O)c3)c(O)c(=O)c2c1O. The maximum atomic E-state index is 13.5. The molecule has 49 heavy (non-hydrogen) atoms. The minimum absolute atomic E-state index is 0.129. The minimum atomic E-state index is -1.23. The summed E-state index contributed by atoms with van der Waals surface area (Å²) in [7, 11) is 2.08. The van der Waals surface area contributed by atoms with E-state index in [-0.39, 0.29) is 11.1 Å². The lowest BCUT2D eigenvalue weighted by molar-refractivity contribution is 0.341. The van der Waals surface area contributed by atoms with E-state index in [4.69, 9.17) is 18.3 Å². The van der Waals surface area contributed by atoms with Gasteiger partial charge in [0.05, 0.1) is 14.2 Å². The van der Waals surface area contributed by atoms with E-state index >= 15 is 0 Å². The molecule has 0 spiro atoms. The number of phenolic OH excluding ortho intramolecular Hbond substituents is 8. The monoisotopic (exact) mass is 676 g/mol. The van der Waals surface area contributed by atoms with Gasteiger partial charge >= 0.3 is 0 Å². The smallest absolute Gasteiger partial charge is 0.238 e. The van der Waals surface area contributed by atoms with E-state index in [0.717, 1.165) is 38.5 Å². The van der Waals surface area contributed by atoms with Crippen molar-refractivity contribution in [3.05, 3.63) is 68.0 Å². The van der Waals surface area contributed by atoms with Crippen LogP contribution in [0.25, 0.3) is 44.6 Å². The van der Waals surface area contributed by atoms with Crippen LogP contribution in [0.5, 0.6) is 69.0 Å². The van der Waals surface area contributed by atoms with Gasteiger partial charge in [-0.15, -0.1) is 0 Å². The molecule has 2 aromatic heterocycles. The summed E-state index contributed by atoms with van der Waals surface area (Å²) in [5.74, 6) is -10.6. The predicted molar refractivity (Wildman–Crippen MR) is 168 cm³/mol. The normalized spacial score (nSPS) is 11.3. The molecule has 0 radical (unpaired) electrons. The number of aromatic hydroxyl groups is 10. The summed E-state index contributed by atoms with van der Waals surface area (Å²) in [5.41, 5.74) is -4.75. The predicted octanol–water partition coefficient (Wildman–Crippen LogP) is 3.90. The van der Waals surface area contributed by atoms with Crippen LogP contribution in [0.1, 0.15) is 11.1 Å². The zero-order valence-electron chi connectivity index (χ0n) is 25.1. The highest BCUT2D eigenvalue weighted by Gasteiger charge is 2.32. The molecule has 0 aliphatic rings. The van der Waals surface area contributed by atoms with Gasteiger partial charge in [0, 0.05) is 28.7 Å². The molecule has 0 aliphatic heterocycles. The molecule has 0 atom stereocenters. The van der Waals surface area contributed by atoms with Crippen LogP contribution in [-0.2, 0) is 6.42 Å². The van der Waals surface area contributed by atoms with E-state index < -0.39 is 131 Å². The highest BCUT2D eigenvalue weighted by molar-refractivity contribution is 5.97. The molecule has 6 aromatic rings. The van der Waals surface area contributed by atoms with Gasteiger partial charge in [0.2, 0.25) is 33.9 Å². The lowest BCUT2D eigenvalue weighted by Crippen LogP contribution is -2.08. The summed E-state index contributed by atoms with van der Waals surface area (Å²) in [5, 5.41) is 104. The Morgan fingerprint density at radius 3 is 1.20 bits per heavy atom. The van der Waals surface area contributed by atoms with Crippen molar-refractivity contribution in [1.82, 2.24) is 0 Å². The largest absolute Gasteiger partial charge is 0.504 e. The van der Waals surface area contributed by atoms with Gasteiger partial charge in [-0.25, -0.2) is 0 Å². The number of phenols is 8. The summed E-state index contributed by atoms with van der Waals surface area (Å²) in [6.07, 6.45) is -0.764. The lowest BCUT2D eigenvalue weighted by atomic mass is 9.96. The highest BCUT2D eigenvalue weighted by Crippen LogP contribution is 2.51. The van der Waals surface area contributed by atoms with Crippen molar-refractivity contribution >= 4 is 21.9 Å². The molecule has 252 valence electrons. The molecule has 0 unspecified atom stereocenters. The van der Waals surface area contributed by atoms with Crippen LogP contribution in [0.4, 0.5) is 0 Å². The van der Waals surface area contributed by atoms with Gasteiger partial charge in [-0.2, -0.15) is 0 Å². The van der Waals surface area contributed by atoms with Crippen LogP contribution in [-0.4, -0.2) is 65.3 Å². The maximum Gasteiger partial charge on any atom is 0.238 e. The third kappa shape index (κ3) is 4.69. The van der Waals surface area contributed by atoms with Crippen molar-refractivity contribution in [2.24, 2.45) is 0 Å². The molecule has 4 aromatic carbocycles. The molecule has 0 saturated heterocycles. The molecule has 2 heterocycles. The zero-order chi connectivity index (χ0) is 35.6. The Morgan fingerprint density at radius 2 is 0.878 bits per heavy atom. The van der Waals surface area contributed by atoms with E-state index in [1.165, 1.54) is 12.1 Å². The van der Waals surface area contributed by atoms with E-state index in [1.807, 2.05) is 0 Å². The van der Waals surface area contributed by atoms with E-state index in [2.05, 4.69) is 0 Å². The Morgan fingerprint density at radius 1 is 0.510 bits per heavy atom. The first-order chi connectivity index (χ1) is 23.2. The Bertz CT molecular complexity index is 2320. The first-order valence-corrected chi connectivity index (χ1v) is 13.9. The first-order valence-electron chi connectivity index (χ1n) is 13.9. The minimum Gasteiger partial charge on any atom is -0.504 e. The van der Waals surface area contributed by atoms with Gasteiger partial charge in [-0.1, -0.05) is 0 Å². The number of fused-ring (bicyclic) bond motifs is 2. The van der Waals surface area contributed by atoms with Crippen LogP contribution < -0.4 is 20.3 Å². The maximum absolute atomic E-state index is 13.5. The van der Waals surface area contributed by atoms with Crippen LogP contribution >= 0.6 is 0 Å². The Hall–Kier alpha value is -7.10. The standard InChI is InChI=1S/C33H24O16/c1-46-32-20(38)12(30-18(24(32)42)22(40)26(44)28(48-30)10-3-5-14(34)16(36)7-10)9-13-21(39)33(47-2)25(43)19-23(41)27(45)29(49-31(13)19)11-4-6-15(35)17(37)8-11/h3-8,34-39,42-45H,9H2,1-2H3. The molecule has 0 aliphatic carbocycles. The number of rotatable bonds is 6. The average Bonchev–Trinajstić information content (AvgIpc) is 3.06. The summed E-state index contributed by atoms with van der Waals surface area (Å²) < 4.78 is 21.9. The second kappa shape index (κ2) is 11.3. The summed E-state index contributed by atoms with van der Waals surface area (Å²) in [6, 6.07) is 6.33. The van der Waals surface area contributed by atoms with E-state index in [1.54, 1.807) is 0 Å². The number of methoxy groups -OCH3 is 2. The Balaban J connectivity index is 1.73. The van der Waals surface area contributed by atoms with Gasteiger partial charge in [-0.05, 0) is 36.4 Å². The number of hydrogen-bond acceptors (Lipinski definition) is 16. The van der Waals surface area contributed by atoms with Crippen LogP contribution in [0.2, 0.25) is 0 Å². The topological polar surface area (TPSA) is 281 Å². The second-order valence-corrected chi connectivity index (χ2v) is 10.6. The molecular weight excluding hydrogens is 652 g/mol. The van der Waals surface area contributed by atoms with Crippen molar-refractivity contribution in [1.29, 1.82) is 0 Å². The molecule has 0 amide bonds. The van der Waals surface area contributed by atoms with Crippen molar-refractivity contribution < 1.29 is 69.4 Å². The van der Waals surface area contributed by atoms with Gasteiger partial charge < -0.3 is 69.4 Å². The van der Waals surface area contributed by atoms with Crippen molar-refractivity contribution in [2.45, 2.75) is 6.42 Å². The summed E-state index contributed by atoms with van der Waals surface area (Å²) in [4.78, 5) is 27.0. The van der Waals surface area contributed by atoms with Gasteiger partial charge in [0.15, 0.2) is 57.5 Å². The number of hydrogen-bond donors (Lipinski definition) is 10. The average molecular weight is 677 g/mol. The molecule has 16 nitrogen and oxygen atoms in total. The molecule has 0 saturated carbocycles. The third-order valence-corrected chi connectivity index (χ3v) is 7.87.